The molecule has 0 unspecified atom stereocenters. The summed E-state index contributed by atoms with van der Waals surface area (Å²) in [5.74, 6) is 0.311. The molecule has 8 heteroatoms. The first-order chi connectivity index (χ1) is 15.2. The van der Waals surface area contributed by atoms with E-state index in [9.17, 15) is 13.2 Å². The van der Waals surface area contributed by atoms with Crippen LogP contribution >= 0.6 is 11.6 Å². The predicted molar refractivity (Wildman–Crippen MR) is 127 cm³/mol. The van der Waals surface area contributed by atoms with Crippen LogP contribution in [0.15, 0.2) is 77.7 Å². The highest BCUT2D eigenvalue weighted by atomic mass is 35.5. The number of nitrogens with zero attached hydrogens (tertiary/aromatic N) is 1. The molecule has 0 aliphatic carbocycles. The first-order valence-electron chi connectivity index (χ1n) is 9.96. The average Bonchev–Trinajstić information content (AvgIpc) is 2.80. The molecule has 168 valence electrons. The van der Waals surface area contributed by atoms with Crippen molar-refractivity contribution >= 4 is 33.2 Å². The highest BCUT2D eigenvalue weighted by Gasteiger charge is 2.31. The van der Waals surface area contributed by atoms with Gasteiger partial charge in [0, 0.05) is 24.2 Å². The molecule has 0 aromatic heterocycles. The minimum atomic E-state index is -3.83. The third-order valence-electron chi connectivity index (χ3n) is 5.28. The van der Waals surface area contributed by atoms with Crippen molar-refractivity contribution in [1.29, 1.82) is 0 Å². The van der Waals surface area contributed by atoms with E-state index in [1.54, 1.807) is 67.8 Å². The van der Waals surface area contributed by atoms with Gasteiger partial charge in [-0.15, -0.1) is 0 Å². The van der Waals surface area contributed by atoms with Crippen molar-refractivity contribution in [3.05, 3.63) is 88.9 Å². The van der Waals surface area contributed by atoms with E-state index in [4.69, 9.17) is 16.3 Å². The van der Waals surface area contributed by atoms with Crippen molar-refractivity contribution in [3.8, 4) is 5.75 Å². The smallest absolute Gasteiger partial charge is 0.243 e. The van der Waals surface area contributed by atoms with Crippen LogP contribution in [0.2, 0.25) is 5.02 Å². The van der Waals surface area contributed by atoms with Gasteiger partial charge in [-0.1, -0.05) is 48.0 Å². The van der Waals surface area contributed by atoms with Gasteiger partial charge in [-0.3, -0.25) is 4.79 Å². The molecule has 3 aromatic rings. The van der Waals surface area contributed by atoms with Gasteiger partial charge in [0.25, 0.3) is 0 Å². The number of carbonyl (C=O) groups excluding carboxylic acids is 1. The maximum Gasteiger partial charge on any atom is 0.243 e. The summed E-state index contributed by atoms with van der Waals surface area (Å²) in [6.45, 7) is 1.81. The molecule has 0 aliphatic heterocycles. The van der Waals surface area contributed by atoms with E-state index in [1.807, 2.05) is 6.92 Å². The molecule has 0 radical (unpaired) electrons. The van der Waals surface area contributed by atoms with Crippen LogP contribution in [0, 0.1) is 6.92 Å². The van der Waals surface area contributed by atoms with Gasteiger partial charge in [-0.25, -0.2) is 8.42 Å². The van der Waals surface area contributed by atoms with Crippen LogP contribution in [-0.4, -0.2) is 32.8 Å². The van der Waals surface area contributed by atoms with E-state index in [-0.39, 0.29) is 17.2 Å². The molecule has 0 fully saturated rings. The van der Waals surface area contributed by atoms with Crippen molar-refractivity contribution in [2.75, 3.05) is 19.5 Å². The number of nitrogens with one attached hydrogen (secondary N) is 1. The van der Waals surface area contributed by atoms with E-state index in [2.05, 4.69) is 5.32 Å². The molecule has 1 amide bonds. The fourth-order valence-electron chi connectivity index (χ4n) is 3.33. The Bertz CT molecular complexity index is 1180. The number of hydrogen-bond donors (Lipinski definition) is 1. The number of ether oxygens (including phenoxy) is 1. The van der Waals surface area contributed by atoms with E-state index >= 15 is 0 Å². The predicted octanol–water partition coefficient (Wildman–Crippen LogP) is 5.05. The zero-order valence-corrected chi connectivity index (χ0v) is 19.7. The second kappa shape index (κ2) is 10.2. The normalized spacial score (nSPS) is 12.4. The molecule has 1 N–H and O–H groups in total. The number of anilines is 1. The van der Waals surface area contributed by atoms with Gasteiger partial charge in [0.15, 0.2) is 0 Å². The van der Waals surface area contributed by atoms with Gasteiger partial charge < -0.3 is 10.1 Å². The summed E-state index contributed by atoms with van der Waals surface area (Å²) in [6.07, 6.45) is -0.0825. The monoisotopic (exact) mass is 472 g/mol. The number of hydrogen-bond acceptors (Lipinski definition) is 4. The Balaban J connectivity index is 1.93. The highest BCUT2D eigenvalue weighted by molar-refractivity contribution is 7.89. The van der Waals surface area contributed by atoms with Crippen molar-refractivity contribution in [3.63, 3.8) is 0 Å². The minimum absolute atomic E-state index is 0.0825. The quantitative estimate of drug-likeness (QED) is 0.498. The first kappa shape index (κ1) is 23.8. The molecule has 0 saturated carbocycles. The lowest BCUT2D eigenvalue weighted by atomic mass is 10.0. The third-order valence-corrected chi connectivity index (χ3v) is 7.57. The summed E-state index contributed by atoms with van der Waals surface area (Å²) < 4.78 is 33.0. The van der Waals surface area contributed by atoms with Gasteiger partial charge in [0.05, 0.1) is 18.0 Å². The molecule has 0 bridgehead atoms. The zero-order chi connectivity index (χ0) is 23.3. The molecule has 0 saturated heterocycles. The molecule has 1 atom stereocenters. The van der Waals surface area contributed by atoms with Gasteiger partial charge >= 0.3 is 0 Å². The Morgan fingerprint density at radius 3 is 2.31 bits per heavy atom. The van der Waals surface area contributed by atoms with Crippen LogP contribution in [0.3, 0.4) is 0 Å². The van der Waals surface area contributed by atoms with Gasteiger partial charge in [0.1, 0.15) is 5.75 Å². The lowest BCUT2D eigenvalue weighted by molar-refractivity contribution is -0.117. The number of halogens is 1. The number of methoxy groups -OCH3 is 1. The molecule has 0 spiro atoms. The fourth-order valence-corrected chi connectivity index (χ4v) is 4.87. The van der Waals surface area contributed by atoms with Gasteiger partial charge in [-0.05, 0) is 54.4 Å². The fraction of sp³-hybridized carbons (Fsp3) is 0.208. The third kappa shape index (κ3) is 5.30. The SMILES string of the molecule is COc1ccc([C@H](CC(=O)Nc2cccc(Cl)c2C)N(C)S(=O)(=O)c2ccccc2)cc1. The van der Waals surface area contributed by atoms with Crippen molar-refractivity contribution in [1.82, 2.24) is 4.31 Å². The van der Waals surface area contributed by atoms with Gasteiger partial charge in [-0.2, -0.15) is 4.31 Å². The Morgan fingerprint density at radius 2 is 1.69 bits per heavy atom. The summed E-state index contributed by atoms with van der Waals surface area (Å²) in [7, 11) is -0.798. The average molecular weight is 473 g/mol. The first-order valence-corrected chi connectivity index (χ1v) is 11.8. The second-order valence-electron chi connectivity index (χ2n) is 7.29. The Labute approximate surface area is 193 Å². The Hall–Kier alpha value is -2.87. The largest absolute Gasteiger partial charge is 0.497 e. The van der Waals surface area contributed by atoms with Crippen LogP contribution < -0.4 is 10.1 Å². The van der Waals surface area contributed by atoms with Crippen LogP contribution in [0.4, 0.5) is 5.69 Å². The minimum Gasteiger partial charge on any atom is -0.497 e. The van der Waals surface area contributed by atoms with Crippen molar-refractivity contribution in [2.24, 2.45) is 0 Å². The number of rotatable bonds is 8. The van der Waals surface area contributed by atoms with E-state index < -0.39 is 16.1 Å². The summed E-state index contributed by atoms with van der Waals surface area (Å²) >= 11 is 6.15. The topological polar surface area (TPSA) is 75.7 Å². The number of benzene rings is 3. The van der Waals surface area contributed by atoms with E-state index in [0.717, 1.165) is 5.56 Å². The van der Waals surface area contributed by atoms with Crippen molar-refractivity contribution in [2.45, 2.75) is 24.3 Å². The number of amides is 1. The summed E-state index contributed by atoms with van der Waals surface area (Å²) in [4.78, 5) is 13.1. The maximum atomic E-state index is 13.3. The standard InChI is InChI=1S/C24H25ClN2O4S/c1-17-21(25)10-7-11-22(17)26-24(28)16-23(18-12-14-19(31-3)15-13-18)27(2)32(29,30)20-8-5-4-6-9-20/h4-15,23H,16H2,1-3H3,(H,26,28)/t23-/m0/s1. The van der Waals surface area contributed by atoms with Crippen LogP contribution in [0.5, 0.6) is 5.75 Å². The second-order valence-corrected chi connectivity index (χ2v) is 9.69. The molecule has 0 heterocycles. The molecular formula is C24H25ClN2O4S. The number of sulfonamides is 1. The van der Waals surface area contributed by atoms with Crippen LogP contribution in [0.25, 0.3) is 0 Å². The molecular weight excluding hydrogens is 448 g/mol. The summed E-state index contributed by atoms with van der Waals surface area (Å²) in [6, 6.07) is 19.7. The maximum absolute atomic E-state index is 13.3. The lowest BCUT2D eigenvalue weighted by Crippen LogP contribution is -2.34. The molecule has 6 nitrogen and oxygen atoms in total. The summed E-state index contributed by atoms with van der Waals surface area (Å²) in [5, 5.41) is 3.39. The van der Waals surface area contributed by atoms with Crippen LogP contribution in [0.1, 0.15) is 23.6 Å². The Kier molecular flexibility index (Phi) is 7.56. The molecule has 32 heavy (non-hydrogen) atoms. The zero-order valence-electron chi connectivity index (χ0n) is 18.1. The molecule has 3 rings (SSSR count). The van der Waals surface area contributed by atoms with Crippen molar-refractivity contribution < 1.29 is 17.9 Å². The van der Waals surface area contributed by atoms with Crippen LogP contribution in [-0.2, 0) is 14.8 Å². The van der Waals surface area contributed by atoms with E-state index in [1.165, 1.54) is 23.5 Å². The van der Waals surface area contributed by atoms with Gasteiger partial charge in [0.2, 0.25) is 15.9 Å². The molecule has 0 aliphatic rings. The Morgan fingerprint density at radius 1 is 1.03 bits per heavy atom. The summed E-state index contributed by atoms with van der Waals surface area (Å²) in [5.41, 5.74) is 2.00. The van der Waals surface area contributed by atoms with E-state index in [0.29, 0.717) is 22.0 Å². The highest BCUT2D eigenvalue weighted by Crippen LogP contribution is 2.31. The number of carbonyl (C=O) groups is 1. The lowest BCUT2D eigenvalue weighted by Gasteiger charge is -2.28. The molecule has 3 aromatic carbocycles.